The number of likely N-dealkylation sites (tertiary alicyclic amines) is 1. The summed E-state index contributed by atoms with van der Waals surface area (Å²) in [4.78, 5) is 28.7. The number of hydrogen-bond acceptors (Lipinski definition) is 4. The van der Waals surface area contributed by atoms with E-state index in [-0.39, 0.29) is 24.8 Å². The Labute approximate surface area is 155 Å². The van der Waals surface area contributed by atoms with Crippen molar-refractivity contribution in [3.63, 3.8) is 0 Å². The summed E-state index contributed by atoms with van der Waals surface area (Å²) in [6.45, 7) is 5.49. The van der Waals surface area contributed by atoms with Crippen LogP contribution in [0.15, 0.2) is 24.3 Å². The highest BCUT2D eigenvalue weighted by Gasteiger charge is 2.25. The first-order chi connectivity index (χ1) is 12.6. The van der Waals surface area contributed by atoms with Crippen molar-refractivity contribution in [2.45, 2.75) is 45.1 Å². The van der Waals surface area contributed by atoms with E-state index in [2.05, 4.69) is 17.1 Å². The number of hydrogen-bond donors (Lipinski definition) is 1. The van der Waals surface area contributed by atoms with Gasteiger partial charge in [0.25, 0.3) is 0 Å². The molecule has 0 aliphatic carbocycles. The second-order valence-electron chi connectivity index (χ2n) is 7.13. The van der Waals surface area contributed by atoms with Crippen LogP contribution in [0.4, 0.5) is 5.69 Å². The molecular formula is C20H29N3O3. The summed E-state index contributed by atoms with van der Waals surface area (Å²) in [6, 6.07) is 8.02. The monoisotopic (exact) mass is 359 g/mol. The number of ether oxygens (including phenoxy) is 1. The average Bonchev–Trinajstić information content (AvgIpc) is 2.79. The number of nitrogens with one attached hydrogen (secondary N) is 1. The lowest BCUT2D eigenvalue weighted by atomic mass is 10.0. The van der Waals surface area contributed by atoms with Crippen molar-refractivity contribution < 1.29 is 14.3 Å². The average molecular weight is 359 g/mol. The molecule has 1 aromatic carbocycles. The minimum atomic E-state index is -0.123. The topological polar surface area (TPSA) is 61.9 Å². The van der Waals surface area contributed by atoms with Gasteiger partial charge in [-0.25, -0.2) is 0 Å². The third kappa shape index (κ3) is 4.75. The summed E-state index contributed by atoms with van der Waals surface area (Å²) in [5.41, 5.74) is 0.673. The number of fused-ring (bicyclic) bond motifs is 1. The molecule has 0 bridgehead atoms. The highest BCUT2D eigenvalue weighted by Crippen LogP contribution is 2.30. The van der Waals surface area contributed by atoms with E-state index in [4.69, 9.17) is 4.74 Å². The fourth-order valence-electron chi connectivity index (χ4n) is 3.69. The van der Waals surface area contributed by atoms with Gasteiger partial charge in [-0.2, -0.15) is 0 Å². The Morgan fingerprint density at radius 1 is 1.31 bits per heavy atom. The smallest absolute Gasteiger partial charge is 0.240 e. The largest absolute Gasteiger partial charge is 0.491 e. The molecule has 0 unspecified atom stereocenters. The van der Waals surface area contributed by atoms with Crippen molar-refractivity contribution in [1.29, 1.82) is 0 Å². The van der Waals surface area contributed by atoms with Crippen LogP contribution in [-0.4, -0.2) is 55.5 Å². The van der Waals surface area contributed by atoms with Gasteiger partial charge in [-0.3, -0.25) is 14.5 Å². The quantitative estimate of drug-likeness (QED) is 0.791. The van der Waals surface area contributed by atoms with E-state index in [0.717, 1.165) is 19.5 Å². The lowest BCUT2D eigenvalue weighted by Gasteiger charge is -2.33. The van der Waals surface area contributed by atoms with Crippen LogP contribution in [0.1, 0.15) is 39.0 Å². The van der Waals surface area contributed by atoms with Gasteiger partial charge in [0.05, 0.1) is 18.7 Å². The summed E-state index contributed by atoms with van der Waals surface area (Å²) in [6.07, 6.45) is 5.09. The molecule has 142 valence electrons. The van der Waals surface area contributed by atoms with Gasteiger partial charge in [0.15, 0.2) is 0 Å². The highest BCUT2D eigenvalue weighted by molar-refractivity contribution is 6.00. The number of carbonyl (C=O) groups is 2. The predicted octanol–water partition coefficient (Wildman–Crippen LogP) is 2.18. The van der Waals surface area contributed by atoms with Gasteiger partial charge in [-0.1, -0.05) is 18.6 Å². The fraction of sp³-hybridized carbons (Fsp3) is 0.600. The molecule has 2 aliphatic heterocycles. The first-order valence-corrected chi connectivity index (χ1v) is 9.68. The van der Waals surface area contributed by atoms with Gasteiger partial charge in [-0.15, -0.1) is 0 Å². The van der Waals surface area contributed by atoms with Crippen LogP contribution >= 0.6 is 0 Å². The van der Waals surface area contributed by atoms with Gasteiger partial charge in [0, 0.05) is 19.1 Å². The molecule has 1 aromatic rings. The summed E-state index contributed by atoms with van der Waals surface area (Å²) >= 11 is 0. The number of benzene rings is 1. The van der Waals surface area contributed by atoms with Crippen molar-refractivity contribution in [3.05, 3.63) is 24.3 Å². The van der Waals surface area contributed by atoms with Crippen LogP contribution in [-0.2, 0) is 9.59 Å². The van der Waals surface area contributed by atoms with Crippen LogP contribution in [0.2, 0.25) is 0 Å². The van der Waals surface area contributed by atoms with E-state index < -0.39 is 0 Å². The lowest BCUT2D eigenvalue weighted by Crippen LogP contribution is -2.42. The number of carbonyl (C=O) groups excluding carboxylic acids is 2. The normalized spacial score (nSPS) is 20.9. The number of nitrogens with zero attached hydrogens (tertiary/aromatic N) is 2. The molecule has 2 amide bonds. The maximum absolute atomic E-state index is 12.3. The Morgan fingerprint density at radius 3 is 3.00 bits per heavy atom. The molecule has 1 fully saturated rings. The standard InChI is InChI=1S/C20H29N3O3/c1-16-7-4-5-12-22(16)13-6-11-21-19(24)15-23-17-8-2-3-9-18(17)26-14-10-20(23)25/h2-3,8-9,16H,4-7,10-15H2,1H3,(H,21,24)/t16-/m1/s1. The molecule has 0 radical (unpaired) electrons. The number of rotatable bonds is 6. The van der Waals surface area contributed by atoms with E-state index in [9.17, 15) is 9.59 Å². The molecule has 0 aromatic heterocycles. The maximum atomic E-state index is 12.3. The molecule has 0 saturated carbocycles. The summed E-state index contributed by atoms with van der Waals surface area (Å²) in [5, 5.41) is 2.96. The first kappa shape index (κ1) is 18.7. The summed E-state index contributed by atoms with van der Waals surface area (Å²) in [5.74, 6) is 0.458. The summed E-state index contributed by atoms with van der Waals surface area (Å²) in [7, 11) is 0. The molecule has 26 heavy (non-hydrogen) atoms. The van der Waals surface area contributed by atoms with Crippen molar-refractivity contribution in [1.82, 2.24) is 10.2 Å². The Hall–Kier alpha value is -2.08. The third-order valence-electron chi connectivity index (χ3n) is 5.22. The van der Waals surface area contributed by atoms with E-state index >= 15 is 0 Å². The molecule has 1 N–H and O–H groups in total. The maximum Gasteiger partial charge on any atom is 0.240 e. The third-order valence-corrected chi connectivity index (χ3v) is 5.22. The lowest BCUT2D eigenvalue weighted by molar-refractivity contribution is -0.123. The minimum absolute atomic E-state index is 0.0410. The van der Waals surface area contributed by atoms with Crippen molar-refractivity contribution in [2.24, 2.45) is 0 Å². The molecular weight excluding hydrogens is 330 g/mol. The number of para-hydroxylation sites is 2. The van der Waals surface area contributed by atoms with E-state index in [0.29, 0.717) is 30.6 Å². The zero-order valence-electron chi connectivity index (χ0n) is 15.6. The van der Waals surface area contributed by atoms with Gasteiger partial charge < -0.3 is 15.0 Å². The molecule has 1 saturated heterocycles. The zero-order valence-corrected chi connectivity index (χ0v) is 15.6. The minimum Gasteiger partial charge on any atom is -0.491 e. The van der Waals surface area contributed by atoms with E-state index in [1.165, 1.54) is 24.2 Å². The van der Waals surface area contributed by atoms with Crippen molar-refractivity contribution in [2.75, 3.05) is 37.7 Å². The predicted molar refractivity (Wildman–Crippen MR) is 101 cm³/mol. The first-order valence-electron chi connectivity index (χ1n) is 9.68. The Kier molecular flexibility index (Phi) is 6.50. The molecule has 1 atom stereocenters. The zero-order chi connectivity index (χ0) is 18.4. The highest BCUT2D eigenvalue weighted by atomic mass is 16.5. The Bertz CT molecular complexity index is 634. The second kappa shape index (κ2) is 9.03. The van der Waals surface area contributed by atoms with Gasteiger partial charge in [0.2, 0.25) is 11.8 Å². The number of amides is 2. The SMILES string of the molecule is C[C@@H]1CCCCN1CCCNC(=O)CN1C(=O)CCOc2ccccc21. The van der Waals surface area contributed by atoms with Crippen molar-refractivity contribution >= 4 is 17.5 Å². The molecule has 6 nitrogen and oxygen atoms in total. The number of piperidine rings is 1. The molecule has 3 rings (SSSR count). The Morgan fingerprint density at radius 2 is 2.15 bits per heavy atom. The summed E-state index contributed by atoms with van der Waals surface area (Å²) < 4.78 is 5.61. The van der Waals surface area contributed by atoms with Crippen LogP contribution in [0, 0.1) is 0 Å². The molecule has 6 heteroatoms. The van der Waals surface area contributed by atoms with Crippen LogP contribution in [0.5, 0.6) is 5.75 Å². The van der Waals surface area contributed by atoms with E-state index in [1.54, 1.807) is 0 Å². The van der Waals surface area contributed by atoms with Gasteiger partial charge in [-0.05, 0) is 44.9 Å². The molecule has 0 spiro atoms. The Balaban J connectivity index is 1.47. The second-order valence-corrected chi connectivity index (χ2v) is 7.13. The fourth-order valence-corrected chi connectivity index (χ4v) is 3.69. The van der Waals surface area contributed by atoms with Gasteiger partial charge >= 0.3 is 0 Å². The van der Waals surface area contributed by atoms with Crippen molar-refractivity contribution in [3.8, 4) is 5.75 Å². The number of anilines is 1. The van der Waals surface area contributed by atoms with Gasteiger partial charge in [0.1, 0.15) is 12.3 Å². The van der Waals surface area contributed by atoms with Crippen LogP contribution < -0.4 is 15.0 Å². The van der Waals surface area contributed by atoms with E-state index in [1.807, 2.05) is 24.3 Å². The van der Waals surface area contributed by atoms with Crippen LogP contribution in [0.25, 0.3) is 0 Å². The van der Waals surface area contributed by atoms with Crippen LogP contribution in [0.3, 0.4) is 0 Å². The molecule has 2 heterocycles. The molecule has 2 aliphatic rings.